The molecule has 0 fully saturated rings. The van der Waals surface area contributed by atoms with Crippen LogP contribution in [0.2, 0.25) is 0 Å². The summed E-state index contributed by atoms with van der Waals surface area (Å²) in [6.07, 6.45) is 0.845. The van der Waals surface area contributed by atoms with Crippen molar-refractivity contribution in [2.75, 3.05) is 13.3 Å². The van der Waals surface area contributed by atoms with Crippen LogP contribution >= 0.6 is 31.5 Å². The molecule has 0 aliphatic carbocycles. The molecule has 0 unspecified atom stereocenters. The Morgan fingerprint density at radius 2 is 1.52 bits per heavy atom. The van der Waals surface area contributed by atoms with E-state index < -0.39 is 14.4 Å². The van der Waals surface area contributed by atoms with E-state index in [9.17, 15) is 8.42 Å². The molecule has 6 heteroatoms. The third kappa shape index (κ3) is 4.29. The quantitative estimate of drug-likeness (QED) is 0.550. The van der Waals surface area contributed by atoms with Crippen molar-refractivity contribution in [3.8, 4) is 0 Å². The molecular weight excluding hydrogens is 391 g/mol. The van der Waals surface area contributed by atoms with Crippen molar-refractivity contribution in [1.29, 1.82) is 0 Å². The van der Waals surface area contributed by atoms with Crippen LogP contribution in [-0.2, 0) is 15.2 Å². The molecule has 2 aromatic rings. The summed E-state index contributed by atoms with van der Waals surface area (Å²) in [6, 6.07) is 17.1. The Morgan fingerprint density at radius 1 is 1.00 bits per heavy atom. The fourth-order valence-corrected chi connectivity index (χ4v) is 7.15. The van der Waals surface area contributed by atoms with Crippen LogP contribution in [-0.4, -0.2) is 21.7 Å². The summed E-state index contributed by atoms with van der Waals surface area (Å²) in [4.78, 5) is 0.134. The molecule has 0 bridgehead atoms. The van der Waals surface area contributed by atoms with Crippen LogP contribution in [0, 0.1) is 0 Å². The molecule has 2 rings (SSSR count). The van der Waals surface area contributed by atoms with E-state index in [0.717, 1.165) is 11.7 Å². The van der Waals surface area contributed by atoms with Crippen molar-refractivity contribution in [2.45, 2.75) is 11.1 Å². The van der Waals surface area contributed by atoms with Crippen LogP contribution in [0.4, 0.5) is 0 Å². The standard InChI is InChI=1S/C15H17BrClO2PS/c1-20(2,16,14-6-4-3-5-7-14)12-13-8-10-15(11-9-13)21(17,18)19/h3-11H,12H2,1-2H3. The number of hydrogen-bond donors (Lipinski definition) is 0. The Bertz CT molecular complexity index is 735. The Morgan fingerprint density at radius 3 is 2.00 bits per heavy atom. The number of rotatable bonds is 4. The van der Waals surface area contributed by atoms with E-state index in [1.165, 1.54) is 5.30 Å². The number of halogens is 2. The molecule has 0 saturated carbocycles. The van der Waals surface area contributed by atoms with Gasteiger partial charge < -0.3 is 0 Å². The molecule has 0 aromatic heterocycles. The van der Waals surface area contributed by atoms with Gasteiger partial charge in [0.1, 0.15) is 0 Å². The van der Waals surface area contributed by atoms with Gasteiger partial charge in [0.05, 0.1) is 0 Å². The second-order valence-corrected chi connectivity index (χ2v) is 20.5. The van der Waals surface area contributed by atoms with E-state index in [1.54, 1.807) is 12.1 Å². The van der Waals surface area contributed by atoms with Crippen LogP contribution in [0.1, 0.15) is 5.56 Å². The number of hydrogen-bond acceptors (Lipinski definition) is 2. The first kappa shape index (κ1) is 17.0. The fraction of sp³-hybridized carbons (Fsp3) is 0.200. The van der Waals surface area contributed by atoms with E-state index in [2.05, 4.69) is 41.0 Å². The summed E-state index contributed by atoms with van der Waals surface area (Å²) in [6.45, 7) is 4.49. The average molecular weight is 408 g/mol. The summed E-state index contributed by atoms with van der Waals surface area (Å²) in [7, 11) is 1.68. The van der Waals surface area contributed by atoms with Gasteiger partial charge >= 0.3 is 139 Å². The maximum absolute atomic E-state index is 11.3. The number of benzene rings is 2. The second-order valence-electron chi connectivity index (χ2n) is 5.80. The third-order valence-corrected chi connectivity index (χ3v) is 9.91. The fourth-order valence-electron chi connectivity index (χ4n) is 2.26. The molecule has 0 N–H and O–H groups in total. The van der Waals surface area contributed by atoms with Crippen LogP contribution in [0.25, 0.3) is 0 Å². The third-order valence-electron chi connectivity index (χ3n) is 3.40. The van der Waals surface area contributed by atoms with Gasteiger partial charge in [0.2, 0.25) is 0 Å². The molecule has 2 aromatic carbocycles. The SMILES string of the molecule is CP(C)(Br)(Cc1ccc(S(=O)(=O)Cl)cc1)c1ccccc1. The molecule has 21 heavy (non-hydrogen) atoms. The van der Waals surface area contributed by atoms with Gasteiger partial charge in [-0.05, 0) is 0 Å². The van der Waals surface area contributed by atoms with Crippen LogP contribution in [0.3, 0.4) is 0 Å². The Kier molecular flexibility index (Phi) is 4.57. The predicted octanol–water partition coefficient (Wildman–Crippen LogP) is 4.56. The summed E-state index contributed by atoms with van der Waals surface area (Å²) < 4.78 is 22.6. The van der Waals surface area contributed by atoms with Gasteiger partial charge in [-0.1, -0.05) is 0 Å². The summed E-state index contributed by atoms with van der Waals surface area (Å²) >= 11 is 3.98. The normalized spacial score (nSPS) is 14.4. The van der Waals surface area contributed by atoms with E-state index in [-0.39, 0.29) is 4.90 Å². The van der Waals surface area contributed by atoms with Crippen LogP contribution in [0.5, 0.6) is 0 Å². The first-order chi connectivity index (χ1) is 9.56. The molecule has 0 heterocycles. The molecule has 0 atom stereocenters. The zero-order chi connectivity index (χ0) is 15.8. The monoisotopic (exact) mass is 406 g/mol. The van der Waals surface area contributed by atoms with Crippen molar-refractivity contribution < 1.29 is 8.42 Å². The Balaban J connectivity index is 2.33. The van der Waals surface area contributed by atoms with Crippen molar-refractivity contribution in [3.05, 3.63) is 60.2 Å². The molecule has 0 radical (unpaired) electrons. The first-order valence-corrected chi connectivity index (χ1v) is 14.0. The molecular formula is C15H17BrClO2PS. The zero-order valence-corrected chi connectivity index (χ0v) is 15.9. The van der Waals surface area contributed by atoms with Crippen LogP contribution in [0.15, 0.2) is 59.5 Å². The van der Waals surface area contributed by atoms with Gasteiger partial charge in [-0.15, -0.1) is 0 Å². The second kappa shape index (κ2) is 5.66. The molecule has 0 aliphatic heterocycles. The molecule has 2 nitrogen and oxygen atoms in total. The molecule has 0 spiro atoms. The van der Waals surface area contributed by atoms with Gasteiger partial charge in [-0.2, -0.15) is 0 Å². The molecule has 114 valence electrons. The zero-order valence-electron chi connectivity index (χ0n) is 11.8. The molecule has 0 amide bonds. The minimum absolute atomic E-state index is 0.134. The molecule has 0 saturated heterocycles. The van der Waals surface area contributed by atoms with Crippen molar-refractivity contribution >= 4 is 45.8 Å². The Hall–Kier alpha value is -0.410. The van der Waals surface area contributed by atoms with Crippen LogP contribution < -0.4 is 5.30 Å². The summed E-state index contributed by atoms with van der Waals surface area (Å²) in [5, 5.41) is -0.943. The molecule has 0 aliphatic rings. The van der Waals surface area contributed by atoms with Crippen molar-refractivity contribution in [1.82, 2.24) is 0 Å². The maximum atomic E-state index is 11.3. The van der Waals surface area contributed by atoms with E-state index >= 15 is 0 Å². The van der Waals surface area contributed by atoms with Gasteiger partial charge in [-0.3, -0.25) is 0 Å². The summed E-state index contributed by atoms with van der Waals surface area (Å²) in [5.74, 6) is 0. The van der Waals surface area contributed by atoms with E-state index in [4.69, 9.17) is 10.7 Å². The first-order valence-electron chi connectivity index (χ1n) is 6.38. The Labute approximate surface area is 138 Å². The van der Waals surface area contributed by atoms with Gasteiger partial charge in [0, 0.05) is 0 Å². The minimum atomic E-state index is -3.66. The average Bonchev–Trinajstić information content (AvgIpc) is 2.38. The topological polar surface area (TPSA) is 34.1 Å². The predicted molar refractivity (Wildman–Crippen MR) is 97.0 cm³/mol. The van der Waals surface area contributed by atoms with Gasteiger partial charge in [0.15, 0.2) is 0 Å². The van der Waals surface area contributed by atoms with Crippen molar-refractivity contribution in [3.63, 3.8) is 0 Å². The summed E-state index contributed by atoms with van der Waals surface area (Å²) in [5.41, 5.74) is 1.09. The van der Waals surface area contributed by atoms with Gasteiger partial charge in [-0.25, -0.2) is 0 Å². The van der Waals surface area contributed by atoms with Crippen molar-refractivity contribution in [2.24, 2.45) is 0 Å². The van der Waals surface area contributed by atoms with E-state index in [1.807, 2.05) is 30.3 Å². The van der Waals surface area contributed by atoms with E-state index in [0.29, 0.717) is 0 Å². The van der Waals surface area contributed by atoms with Gasteiger partial charge in [0.25, 0.3) is 0 Å².